The predicted octanol–water partition coefficient (Wildman–Crippen LogP) is 3.14. The Bertz CT molecular complexity index is 1180. The summed E-state index contributed by atoms with van der Waals surface area (Å²) in [4.78, 5) is 36.3. The van der Waals surface area contributed by atoms with Gasteiger partial charge in [0.05, 0.1) is 17.2 Å². The van der Waals surface area contributed by atoms with E-state index in [2.05, 4.69) is 20.6 Å². The van der Waals surface area contributed by atoms with E-state index >= 15 is 0 Å². The topological polar surface area (TPSA) is 128 Å². The maximum absolute atomic E-state index is 13.2. The Labute approximate surface area is 207 Å². The molecule has 1 aliphatic heterocycles. The van der Waals surface area contributed by atoms with Crippen LogP contribution in [0.3, 0.4) is 0 Å². The molecule has 1 unspecified atom stereocenters. The lowest BCUT2D eigenvalue weighted by Gasteiger charge is -2.23. The van der Waals surface area contributed by atoms with E-state index < -0.39 is 0 Å². The summed E-state index contributed by atoms with van der Waals surface area (Å²) in [5.41, 5.74) is 2.47. The molecule has 2 aromatic heterocycles. The smallest absolute Gasteiger partial charge is 0.256 e. The van der Waals surface area contributed by atoms with Crippen LogP contribution in [0.5, 0.6) is 11.5 Å². The summed E-state index contributed by atoms with van der Waals surface area (Å²) >= 11 is 1.57. The first-order valence-corrected chi connectivity index (χ1v) is 12.5. The van der Waals surface area contributed by atoms with Crippen LogP contribution < -0.4 is 10.6 Å². The Morgan fingerprint density at radius 3 is 2.63 bits per heavy atom. The van der Waals surface area contributed by atoms with Gasteiger partial charge in [0.2, 0.25) is 0 Å². The molecule has 1 atom stereocenters. The maximum Gasteiger partial charge on any atom is 0.256 e. The Balaban J connectivity index is 1.26. The molecule has 10 heteroatoms. The minimum atomic E-state index is -0.279. The molecule has 3 aromatic rings. The molecule has 1 aliphatic rings. The number of hydrogen-bond donors (Lipinski definition) is 4. The van der Waals surface area contributed by atoms with Crippen LogP contribution in [0.2, 0.25) is 0 Å². The molecule has 3 heterocycles. The van der Waals surface area contributed by atoms with Crippen LogP contribution >= 0.6 is 11.3 Å². The van der Waals surface area contributed by atoms with Gasteiger partial charge in [-0.05, 0) is 56.5 Å². The zero-order valence-corrected chi connectivity index (χ0v) is 20.3. The first-order valence-electron chi connectivity index (χ1n) is 11.6. The lowest BCUT2D eigenvalue weighted by Crippen LogP contribution is -2.31. The number of amides is 2. The Morgan fingerprint density at radius 1 is 1.11 bits per heavy atom. The standard InChI is InChI=1S/C25H29N5O4S/c1-16-15-35-24(29-16)22-4-2-7-30(22)25(34)19-10-18(13-27-14-19)23(33)28-6-3-5-26-12-17-8-20(31)11-21(32)9-17/h8-11,13-15,22,26,31-32H,2-7,12H2,1H3,(H,28,33). The van der Waals surface area contributed by atoms with Gasteiger partial charge in [-0.3, -0.25) is 14.6 Å². The Kier molecular flexibility index (Phi) is 7.94. The molecule has 9 nitrogen and oxygen atoms in total. The normalized spacial score (nSPS) is 15.3. The molecule has 35 heavy (non-hydrogen) atoms. The molecule has 0 radical (unpaired) electrons. The fourth-order valence-electron chi connectivity index (χ4n) is 4.15. The minimum absolute atomic E-state index is 0.0157. The molecule has 0 bridgehead atoms. The van der Waals surface area contributed by atoms with Crippen molar-refractivity contribution < 1.29 is 19.8 Å². The Morgan fingerprint density at radius 2 is 1.89 bits per heavy atom. The fraction of sp³-hybridized carbons (Fsp3) is 0.360. The van der Waals surface area contributed by atoms with Gasteiger partial charge < -0.3 is 25.7 Å². The molecule has 4 N–H and O–H groups in total. The van der Waals surface area contributed by atoms with Gasteiger partial charge >= 0.3 is 0 Å². The van der Waals surface area contributed by atoms with Crippen molar-refractivity contribution in [2.45, 2.75) is 38.8 Å². The fourth-order valence-corrected chi connectivity index (χ4v) is 5.09. The van der Waals surface area contributed by atoms with Crippen molar-refractivity contribution >= 4 is 23.2 Å². The van der Waals surface area contributed by atoms with Gasteiger partial charge in [0.15, 0.2) is 0 Å². The largest absolute Gasteiger partial charge is 0.508 e. The number of thiazole rings is 1. The van der Waals surface area contributed by atoms with Gasteiger partial charge in [-0.1, -0.05) is 0 Å². The number of rotatable bonds is 9. The molecule has 0 aliphatic carbocycles. The van der Waals surface area contributed by atoms with Gasteiger partial charge in [-0.15, -0.1) is 11.3 Å². The number of carbonyl (C=O) groups is 2. The SMILES string of the molecule is Cc1csc(C2CCCN2C(=O)c2cncc(C(=O)NCCCNCc3cc(O)cc(O)c3)c2)n1. The molecule has 1 saturated heterocycles. The van der Waals surface area contributed by atoms with Crippen molar-refractivity contribution in [2.75, 3.05) is 19.6 Å². The van der Waals surface area contributed by atoms with Gasteiger partial charge in [0.25, 0.3) is 11.8 Å². The van der Waals surface area contributed by atoms with Gasteiger partial charge in [0, 0.05) is 49.2 Å². The number of nitrogens with one attached hydrogen (secondary N) is 2. The van der Waals surface area contributed by atoms with Crippen LogP contribution in [-0.2, 0) is 6.54 Å². The van der Waals surface area contributed by atoms with Crippen LogP contribution in [0.25, 0.3) is 0 Å². The van der Waals surface area contributed by atoms with Crippen molar-refractivity contribution in [2.24, 2.45) is 0 Å². The third-order valence-corrected chi connectivity index (χ3v) is 6.85. The van der Waals surface area contributed by atoms with Gasteiger partial charge in [-0.2, -0.15) is 0 Å². The summed E-state index contributed by atoms with van der Waals surface area (Å²) in [7, 11) is 0. The number of aromatic hydroxyl groups is 2. The van der Waals surface area contributed by atoms with Crippen LogP contribution in [0.1, 0.15) is 62.3 Å². The van der Waals surface area contributed by atoms with E-state index in [1.54, 1.807) is 29.5 Å². The third-order valence-electron chi connectivity index (χ3n) is 5.79. The van der Waals surface area contributed by atoms with Crippen LogP contribution in [0.4, 0.5) is 0 Å². The molecule has 4 rings (SSSR count). The molecule has 1 fully saturated rings. The quantitative estimate of drug-likeness (QED) is 0.336. The monoisotopic (exact) mass is 495 g/mol. The van der Waals surface area contributed by atoms with Crippen LogP contribution in [-0.4, -0.2) is 56.5 Å². The highest BCUT2D eigenvalue weighted by atomic mass is 32.1. The van der Waals surface area contributed by atoms with E-state index in [4.69, 9.17) is 0 Å². The number of benzene rings is 1. The van der Waals surface area contributed by atoms with E-state index in [0.29, 0.717) is 43.7 Å². The lowest BCUT2D eigenvalue weighted by atomic mass is 10.1. The molecule has 1 aromatic carbocycles. The Hall–Kier alpha value is -3.50. The molecular formula is C25H29N5O4S. The summed E-state index contributed by atoms with van der Waals surface area (Å²) in [6, 6.07) is 6.01. The second kappa shape index (κ2) is 11.3. The number of hydrogen-bond acceptors (Lipinski definition) is 8. The molecule has 0 spiro atoms. The number of phenols is 2. The van der Waals surface area contributed by atoms with Crippen molar-refractivity contribution in [3.05, 3.63) is 69.4 Å². The van der Waals surface area contributed by atoms with Crippen molar-refractivity contribution in [1.29, 1.82) is 0 Å². The van der Waals surface area contributed by atoms with E-state index in [0.717, 1.165) is 29.1 Å². The summed E-state index contributed by atoms with van der Waals surface area (Å²) in [5.74, 6) is -0.382. The number of likely N-dealkylation sites (tertiary alicyclic amines) is 1. The van der Waals surface area contributed by atoms with E-state index in [1.807, 2.05) is 17.2 Å². The van der Waals surface area contributed by atoms with Crippen LogP contribution in [0, 0.1) is 6.92 Å². The number of aryl methyl sites for hydroxylation is 1. The van der Waals surface area contributed by atoms with Crippen molar-refractivity contribution in [3.63, 3.8) is 0 Å². The summed E-state index contributed by atoms with van der Waals surface area (Å²) in [5, 5.41) is 28.0. The second-order valence-electron chi connectivity index (χ2n) is 8.59. The van der Waals surface area contributed by atoms with E-state index in [1.165, 1.54) is 18.5 Å². The van der Waals surface area contributed by atoms with Gasteiger partial charge in [0.1, 0.15) is 16.5 Å². The summed E-state index contributed by atoms with van der Waals surface area (Å²) < 4.78 is 0. The molecule has 2 amide bonds. The summed E-state index contributed by atoms with van der Waals surface area (Å²) in [6.45, 7) is 4.19. The highest BCUT2D eigenvalue weighted by Crippen LogP contribution is 2.34. The number of phenolic OH excluding ortho intramolecular Hbond substituents is 2. The zero-order chi connectivity index (χ0) is 24.8. The zero-order valence-electron chi connectivity index (χ0n) is 19.5. The molecular weight excluding hydrogens is 466 g/mol. The number of pyridine rings is 1. The lowest BCUT2D eigenvalue weighted by molar-refractivity contribution is 0.0735. The van der Waals surface area contributed by atoms with Crippen molar-refractivity contribution in [1.82, 2.24) is 25.5 Å². The van der Waals surface area contributed by atoms with Crippen LogP contribution in [0.15, 0.2) is 42.0 Å². The van der Waals surface area contributed by atoms with E-state index in [9.17, 15) is 19.8 Å². The van der Waals surface area contributed by atoms with Gasteiger partial charge in [-0.25, -0.2) is 4.98 Å². The maximum atomic E-state index is 13.2. The first-order chi connectivity index (χ1) is 16.9. The third kappa shape index (κ3) is 6.34. The number of carbonyl (C=O) groups excluding carboxylic acids is 2. The molecule has 184 valence electrons. The average Bonchev–Trinajstić information content (AvgIpc) is 3.49. The second-order valence-corrected chi connectivity index (χ2v) is 9.48. The first kappa shape index (κ1) is 24.6. The number of aromatic nitrogens is 2. The average molecular weight is 496 g/mol. The highest BCUT2D eigenvalue weighted by molar-refractivity contribution is 7.09. The minimum Gasteiger partial charge on any atom is -0.508 e. The summed E-state index contributed by atoms with van der Waals surface area (Å²) in [6.07, 6.45) is 5.45. The van der Waals surface area contributed by atoms with E-state index in [-0.39, 0.29) is 29.4 Å². The predicted molar refractivity (Wildman–Crippen MR) is 133 cm³/mol. The highest BCUT2D eigenvalue weighted by Gasteiger charge is 2.32. The molecule has 0 saturated carbocycles. The van der Waals surface area contributed by atoms with Crippen molar-refractivity contribution in [3.8, 4) is 11.5 Å². The number of nitrogens with zero attached hydrogens (tertiary/aromatic N) is 3.